The van der Waals surface area contributed by atoms with E-state index < -0.39 is 5.60 Å². The van der Waals surface area contributed by atoms with Gasteiger partial charge in [-0.25, -0.2) is 4.79 Å². The van der Waals surface area contributed by atoms with Gasteiger partial charge in [0.25, 0.3) is 0 Å². The molecule has 6 nitrogen and oxygen atoms in total. The van der Waals surface area contributed by atoms with Gasteiger partial charge in [0.2, 0.25) is 5.78 Å². The summed E-state index contributed by atoms with van der Waals surface area (Å²) in [5, 5.41) is 0. The van der Waals surface area contributed by atoms with Crippen LogP contribution in [0, 0.1) is 5.92 Å². The van der Waals surface area contributed by atoms with Crippen molar-refractivity contribution in [3.05, 3.63) is 24.2 Å². The lowest BCUT2D eigenvalue weighted by atomic mass is 10.1. The molecule has 1 aromatic heterocycles. The minimum absolute atomic E-state index is 0.00352. The third-order valence-corrected chi connectivity index (χ3v) is 3.32. The maximum absolute atomic E-state index is 11.9. The molecule has 1 aromatic rings. The molecule has 0 aromatic carbocycles. The summed E-state index contributed by atoms with van der Waals surface area (Å²) in [5.41, 5.74) is -0.485. The first-order valence-corrected chi connectivity index (χ1v) is 7.47. The largest absolute Gasteiger partial charge is 0.461 e. The molecule has 0 spiro atoms. The Kier molecular flexibility index (Phi) is 5.24. The fraction of sp³-hybridized carbons (Fsp3) is 0.625. The van der Waals surface area contributed by atoms with E-state index in [0.717, 1.165) is 6.42 Å². The molecule has 1 saturated heterocycles. The molecular formula is C16H23NO5. The molecule has 0 N–H and O–H groups in total. The number of likely N-dealkylation sites (tertiary alicyclic amines) is 1. The third kappa shape index (κ3) is 4.87. The summed E-state index contributed by atoms with van der Waals surface area (Å²) in [6.07, 6.45) is 2.03. The summed E-state index contributed by atoms with van der Waals surface area (Å²) >= 11 is 0. The first-order chi connectivity index (χ1) is 10.3. The highest BCUT2D eigenvalue weighted by atomic mass is 16.6. The van der Waals surface area contributed by atoms with Crippen LogP contribution in [0.4, 0.5) is 4.79 Å². The molecule has 22 heavy (non-hydrogen) atoms. The summed E-state index contributed by atoms with van der Waals surface area (Å²) in [4.78, 5) is 25.3. The van der Waals surface area contributed by atoms with Gasteiger partial charge in [0.1, 0.15) is 12.2 Å². The van der Waals surface area contributed by atoms with Crippen LogP contribution in [0.3, 0.4) is 0 Å². The fourth-order valence-corrected chi connectivity index (χ4v) is 2.29. The Morgan fingerprint density at radius 3 is 2.82 bits per heavy atom. The molecule has 1 amide bonds. The lowest BCUT2D eigenvalue weighted by Gasteiger charge is -2.24. The number of ketones is 1. The van der Waals surface area contributed by atoms with Crippen molar-refractivity contribution in [3.63, 3.8) is 0 Å². The van der Waals surface area contributed by atoms with Crippen molar-refractivity contribution in [2.75, 3.05) is 26.3 Å². The van der Waals surface area contributed by atoms with Crippen molar-refractivity contribution in [2.45, 2.75) is 32.8 Å². The lowest BCUT2D eigenvalue weighted by molar-refractivity contribution is 0.0272. The molecule has 6 heteroatoms. The molecule has 0 unspecified atom stereocenters. The normalized spacial score (nSPS) is 18.5. The molecule has 122 valence electrons. The Balaban J connectivity index is 1.68. The Labute approximate surface area is 130 Å². The zero-order valence-electron chi connectivity index (χ0n) is 13.3. The summed E-state index contributed by atoms with van der Waals surface area (Å²) < 4.78 is 15.8. The van der Waals surface area contributed by atoms with Gasteiger partial charge in [0.05, 0.1) is 12.9 Å². The van der Waals surface area contributed by atoms with Crippen molar-refractivity contribution in [1.82, 2.24) is 4.90 Å². The molecule has 0 radical (unpaired) electrons. The number of rotatable bonds is 5. The van der Waals surface area contributed by atoms with Crippen LogP contribution in [0.5, 0.6) is 0 Å². The van der Waals surface area contributed by atoms with Crippen LogP contribution in [-0.2, 0) is 9.47 Å². The van der Waals surface area contributed by atoms with E-state index in [2.05, 4.69) is 0 Å². The number of Topliss-reactive ketones (excluding diaryl/α,β-unsaturated/α-hetero) is 1. The maximum atomic E-state index is 11.9. The van der Waals surface area contributed by atoms with Gasteiger partial charge >= 0.3 is 6.09 Å². The van der Waals surface area contributed by atoms with E-state index in [0.29, 0.717) is 25.5 Å². The average Bonchev–Trinajstić information content (AvgIpc) is 3.08. The molecule has 0 saturated carbocycles. The molecule has 1 atom stereocenters. The maximum Gasteiger partial charge on any atom is 0.410 e. The smallest absolute Gasteiger partial charge is 0.410 e. The second-order valence-electron chi connectivity index (χ2n) is 6.50. The number of amides is 1. The topological polar surface area (TPSA) is 69.0 Å². The van der Waals surface area contributed by atoms with Gasteiger partial charge in [-0.2, -0.15) is 0 Å². The molecule has 2 heterocycles. The van der Waals surface area contributed by atoms with Gasteiger partial charge in [-0.1, -0.05) is 0 Å². The van der Waals surface area contributed by atoms with E-state index in [9.17, 15) is 9.59 Å². The van der Waals surface area contributed by atoms with Gasteiger partial charge in [0, 0.05) is 19.0 Å². The molecule has 1 aliphatic rings. The number of furan rings is 1. The van der Waals surface area contributed by atoms with Crippen LogP contribution in [0.25, 0.3) is 0 Å². The van der Waals surface area contributed by atoms with Gasteiger partial charge in [0.15, 0.2) is 5.76 Å². The van der Waals surface area contributed by atoms with E-state index in [1.165, 1.54) is 6.26 Å². The highest BCUT2D eigenvalue weighted by Gasteiger charge is 2.29. The number of carbonyl (C=O) groups excluding carboxylic acids is 2. The zero-order valence-corrected chi connectivity index (χ0v) is 13.3. The molecule has 1 fully saturated rings. The Morgan fingerprint density at radius 1 is 1.41 bits per heavy atom. The highest BCUT2D eigenvalue weighted by Crippen LogP contribution is 2.19. The molecular weight excluding hydrogens is 286 g/mol. The Hall–Kier alpha value is -1.82. The summed E-state index contributed by atoms with van der Waals surface area (Å²) in [5.74, 6) is 0.366. The first-order valence-electron chi connectivity index (χ1n) is 7.47. The number of nitrogens with zero attached hydrogens (tertiary/aromatic N) is 1. The lowest BCUT2D eigenvalue weighted by Crippen LogP contribution is -2.35. The van der Waals surface area contributed by atoms with Crippen molar-refractivity contribution in [3.8, 4) is 0 Å². The van der Waals surface area contributed by atoms with Crippen LogP contribution < -0.4 is 0 Å². The van der Waals surface area contributed by atoms with Crippen molar-refractivity contribution in [1.29, 1.82) is 0 Å². The van der Waals surface area contributed by atoms with Crippen LogP contribution in [0.1, 0.15) is 37.7 Å². The monoisotopic (exact) mass is 309 g/mol. The number of hydrogen-bond donors (Lipinski definition) is 0. The minimum Gasteiger partial charge on any atom is -0.461 e. The van der Waals surface area contributed by atoms with Crippen LogP contribution >= 0.6 is 0 Å². The predicted molar refractivity (Wildman–Crippen MR) is 79.8 cm³/mol. The van der Waals surface area contributed by atoms with Crippen LogP contribution in [-0.4, -0.2) is 48.7 Å². The SMILES string of the molecule is CC(C)(C)OC(=O)N1CC[C@@H](COCC(=O)c2ccco2)C1. The van der Waals surface area contributed by atoms with Gasteiger partial charge < -0.3 is 18.8 Å². The first kappa shape index (κ1) is 16.5. The van der Waals surface area contributed by atoms with E-state index in [1.54, 1.807) is 17.0 Å². The van der Waals surface area contributed by atoms with Gasteiger partial charge in [-0.15, -0.1) is 0 Å². The van der Waals surface area contributed by atoms with E-state index in [-0.39, 0.29) is 24.4 Å². The van der Waals surface area contributed by atoms with E-state index in [4.69, 9.17) is 13.9 Å². The molecule has 0 aliphatic carbocycles. The average molecular weight is 309 g/mol. The Morgan fingerprint density at radius 2 is 2.18 bits per heavy atom. The molecule has 0 bridgehead atoms. The Bertz CT molecular complexity index is 503. The van der Waals surface area contributed by atoms with E-state index in [1.807, 2.05) is 20.8 Å². The van der Waals surface area contributed by atoms with Gasteiger partial charge in [-0.05, 0) is 39.3 Å². The summed E-state index contributed by atoms with van der Waals surface area (Å²) in [6.45, 7) is 7.26. The van der Waals surface area contributed by atoms with Crippen LogP contribution in [0.15, 0.2) is 22.8 Å². The zero-order chi connectivity index (χ0) is 16.2. The second kappa shape index (κ2) is 6.96. The third-order valence-electron chi connectivity index (χ3n) is 3.32. The van der Waals surface area contributed by atoms with Gasteiger partial charge in [-0.3, -0.25) is 4.79 Å². The number of hydrogen-bond acceptors (Lipinski definition) is 5. The number of carbonyl (C=O) groups is 2. The second-order valence-corrected chi connectivity index (χ2v) is 6.50. The predicted octanol–water partition coefficient (Wildman–Crippen LogP) is 2.74. The quantitative estimate of drug-likeness (QED) is 0.782. The molecule has 1 aliphatic heterocycles. The van der Waals surface area contributed by atoms with E-state index >= 15 is 0 Å². The molecule has 2 rings (SSSR count). The minimum atomic E-state index is -0.485. The van der Waals surface area contributed by atoms with Crippen molar-refractivity contribution in [2.24, 2.45) is 5.92 Å². The standard InChI is InChI=1S/C16H23NO5/c1-16(2,3)22-15(19)17-7-6-12(9-17)10-20-11-13(18)14-5-4-8-21-14/h4-5,8,12H,6-7,9-11H2,1-3H3/t12-/m1/s1. The fourth-order valence-electron chi connectivity index (χ4n) is 2.29. The van der Waals surface area contributed by atoms with Crippen molar-refractivity contribution >= 4 is 11.9 Å². The highest BCUT2D eigenvalue weighted by molar-refractivity contribution is 5.94. The summed E-state index contributed by atoms with van der Waals surface area (Å²) in [7, 11) is 0. The summed E-state index contributed by atoms with van der Waals surface area (Å²) in [6, 6.07) is 3.29. The van der Waals surface area contributed by atoms with Crippen molar-refractivity contribution < 1.29 is 23.5 Å². The number of ether oxygens (including phenoxy) is 2. The van der Waals surface area contributed by atoms with Crippen LogP contribution in [0.2, 0.25) is 0 Å².